The first-order valence-electron chi connectivity index (χ1n) is 8.92. The maximum absolute atomic E-state index is 13.0. The fourth-order valence-corrected chi connectivity index (χ4v) is 4.26. The minimum absolute atomic E-state index is 0.133. The lowest BCUT2D eigenvalue weighted by Gasteiger charge is -2.06. The van der Waals surface area contributed by atoms with Crippen molar-refractivity contribution < 1.29 is 13.9 Å². The van der Waals surface area contributed by atoms with Crippen LogP contribution in [0.2, 0.25) is 0 Å². The van der Waals surface area contributed by atoms with E-state index in [2.05, 4.69) is 15.2 Å². The Hall–Kier alpha value is -3.11. The van der Waals surface area contributed by atoms with E-state index in [4.69, 9.17) is 15.3 Å². The molecule has 2 aromatic carbocycles. The van der Waals surface area contributed by atoms with E-state index < -0.39 is 0 Å². The molecule has 0 saturated heterocycles. The van der Waals surface area contributed by atoms with Gasteiger partial charge in [-0.05, 0) is 48.5 Å². The number of nitrogens with two attached hydrogens (primary N) is 1. The molecule has 154 valence electrons. The zero-order valence-electron chi connectivity index (χ0n) is 16.0. The zero-order chi connectivity index (χ0) is 20.9. The zero-order valence-corrected chi connectivity index (χ0v) is 17.6. The van der Waals surface area contributed by atoms with Crippen LogP contribution in [0.1, 0.15) is 11.5 Å². The van der Waals surface area contributed by atoms with Gasteiger partial charge in [0.05, 0.1) is 12.8 Å². The maximum atomic E-state index is 13.0. The number of benzene rings is 2. The van der Waals surface area contributed by atoms with Crippen molar-refractivity contribution in [3.8, 4) is 22.1 Å². The molecule has 0 unspecified atom stereocenters. The van der Waals surface area contributed by atoms with Crippen molar-refractivity contribution in [2.24, 2.45) is 0 Å². The second kappa shape index (κ2) is 9.14. The summed E-state index contributed by atoms with van der Waals surface area (Å²) in [6.45, 7) is 0.133. The number of halogens is 1. The molecule has 0 aliphatic rings. The number of aromatic nitrogens is 4. The lowest BCUT2D eigenvalue weighted by Crippen LogP contribution is -2.15. The molecule has 0 bridgehead atoms. The van der Waals surface area contributed by atoms with Gasteiger partial charge < -0.3 is 15.3 Å². The van der Waals surface area contributed by atoms with Gasteiger partial charge in [-0.1, -0.05) is 11.8 Å². The molecule has 10 heteroatoms. The molecule has 4 aromatic rings. The van der Waals surface area contributed by atoms with Crippen LogP contribution in [0.3, 0.4) is 0 Å². The van der Waals surface area contributed by atoms with Crippen molar-refractivity contribution in [1.82, 2.24) is 19.9 Å². The highest BCUT2D eigenvalue weighted by Gasteiger charge is 2.13. The number of thioether (sulfide) groups is 1. The summed E-state index contributed by atoms with van der Waals surface area (Å²) >= 11 is 3.02. The van der Waals surface area contributed by atoms with Gasteiger partial charge in [0.2, 0.25) is 5.16 Å². The van der Waals surface area contributed by atoms with Gasteiger partial charge in [-0.3, -0.25) is 0 Å². The lowest BCUT2D eigenvalue weighted by atomic mass is 10.2. The molecule has 7 nitrogen and oxygen atoms in total. The Balaban J connectivity index is 1.35. The van der Waals surface area contributed by atoms with Crippen LogP contribution in [-0.2, 0) is 12.4 Å². The molecule has 0 aliphatic carbocycles. The number of methoxy groups -OCH3 is 1. The number of rotatable bonds is 8. The molecule has 2 N–H and O–H groups in total. The van der Waals surface area contributed by atoms with Crippen LogP contribution in [0.25, 0.3) is 10.6 Å². The summed E-state index contributed by atoms with van der Waals surface area (Å²) in [6.07, 6.45) is 0. The Morgan fingerprint density at radius 1 is 1.07 bits per heavy atom. The topological polar surface area (TPSA) is 88.1 Å². The summed E-state index contributed by atoms with van der Waals surface area (Å²) in [7, 11) is 1.64. The van der Waals surface area contributed by atoms with Crippen LogP contribution in [0, 0.1) is 5.82 Å². The average Bonchev–Trinajstić information content (AvgIpc) is 3.39. The van der Waals surface area contributed by atoms with E-state index in [9.17, 15) is 4.39 Å². The van der Waals surface area contributed by atoms with Crippen molar-refractivity contribution in [3.05, 3.63) is 71.2 Å². The van der Waals surface area contributed by atoms with E-state index in [1.165, 1.54) is 28.6 Å². The third kappa shape index (κ3) is 4.71. The minimum atomic E-state index is -0.319. The number of hydrogen-bond acceptors (Lipinski definition) is 8. The molecule has 0 fully saturated rings. The van der Waals surface area contributed by atoms with Crippen molar-refractivity contribution in [2.75, 3.05) is 13.0 Å². The lowest BCUT2D eigenvalue weighted by molar-refractivity contribution is 0.291. The number of hydrogen-bond donors (Lipinski definition) is 1. The van der Waals surface area contributed by atoms with E-state index >= 15 is 0 Å². The highest BCUT2D eigenvalue weighted by atomic mass is 32.2. The van der Waals surface area contributed by atoms with Crippen molar-refractivity contribution in [2.45, 2.75) is 17.5 Å². The van der Waals surface area contributed by atoms with Crippen molar-refractivity contribution in [1.29, 1.82) is 0 Å². The number of ether oxygens (including phenoxy) is 2. The SMILES string of the molecule is COc1ccc(-c2nc(CSc3nnc(COc4ccc(F)cc4)n3N)cs2)cc1. The molecule has 30 heavy (non-hydrogen) atoms. The maximum Gasteiger partial charge on any atom is 0.210 e. The fraction of sp³-hybridized carbons (Fsp3) is 0.150. The number of nitrogens with zero attached hydrogens (tertiary/aromatic N) is 4. The Bertz CT molecular complexity index is 1110. The van der Waals surface area contributed by atoms with Gasteiger partial charge in [-0.25, -0.2) is 14.1 Å². The first-order chi connectivity index (χ1) is 14.6. The standard InChI is InChI=1S/C20H18FN5O2S2/c1-27-16-6-2-13(3-7-16)19-23-15(11-29-19)12-30-20-25-24-18(26(20)22)10-28-17-8-4-14(21)5-9-17/h2-9,11H,10,12,22H2,1H3. The van der Waals surface area contributed by atoms with Gasteiger partial charge in [0.15, 0.2) is 5.82 Å². The second-order valence-electron chi connectivity index (χ2n) is 6.17. The largest absolute Gasteiger partial charge is 0.497 e. The molecule has 0 atom stereocenters. The molecular formula is C20H18FN5O2S2. The molecular weight excluding hydrogens is 425 g/mol. The molecule has 2 aromatic heterocycles. The molecule has 0 radical (unpaired) electrons. The van der Waals surface area contributed by atoms with Crippen LogP contribution in [0.5, 0.6) is 11.5 Å². The average molecular weight is 444 g/mol. The van der Waals surface area contributed by atoms with Gasteiger partial charge >= 0.3 is 0 Å². The molecule has 0 aliphatic heterocycles. The van der Waals surface area contributed by atoms with Crippen molar-refractivity contribution >= 4 is 23.1 Å². The van der Waals surface area contributed by atoms with Gasteiger partial charge in [0, 0.05) is 16.7 Å². The van der Waals surface area contributed by atoms with E-state index in [1.54, 1.807) is 30.6 Å². The predicted molar refractivity (Wildman–Crippen MR) is 115 cm³/mol. The first kappa shape index (κ1) is 20.2. The second-order valence-corrected chi connectivity index (χ2v) is 7.97. The fourth-order valence-electron chi connectivity index (χ4n) is 2.56. The van der Waals surface area contributed by atoms with Gasteiger partial charge in [0.25, 0.3) is 0 Å². The highest BCUT2D eigenvalue weighted by molar-refractivity contribution is 7.98. The first-order valence-corrected chi connectivity index (χ1v) is 10.8. The molecule has 4 rings (SSSR count). The summed E-state index contributed by atoms with van der Waals surface area (Å²) in [6, 6.07) is 13.6. The normalized spacial score (nSPS) is 10.9. The highest BCUT2D eigenvalue weighted by Crippen LogP contribution is 2.28. The Morgan fingerprint density at radius 2 is 1.80 bits per heavy atom. The quantitative estimate of drug-likeness (QED) is 0.323. The summed E-state index contributed by atoms with van der Waals surface area (Å²) in [5, 5.41) is 11.7. The molecule has 0 saturated carbocycles. The molecule has 2 heterocycles. The van der Waals surface area contributed by atoms with Crippen LogP contribution in [0.15, 0.2) is 59.1 Å². The summed E-state index contributed by atoms with van der Waals surface area (Å²) in [4.78, 5) is 4.67. The summed E-state index contributed by atoms with van der Waals surface area (Å²) in [5.74, 6) is 8.19. The number of nitrogen functional groups attached to an aromatic ring is 1. The van der Waals surface area contributed by atoms with E-state index in [-0.39, 0.29) is 12.4 Å². The van der Waals surface area contributed by atoms with Gasteiger partial charge in [-0.15, -0.1) is 21.5 Å². The predicted octanol–water partition coefficient (Wildman–Crippen LogP) is 4.13. The Kier molecular flexibility index (Phi) is 6.15. The number of thiazole rings is 1. The van der Waals surface area contributed by atoms with E-state index in [1.807, 2.05) is 29.6 Å². The van der Waals surface area contributed by atoms with Gasteiger partial charge in [-0.2, -0.15) is 0 Å². The van der Waals surface area contributed by atoms with Crippen LogP contribution in [-0.4, -0.2) is 27.0 Å². The van der Waals surface area contributed by atoms with E-state index in [0.29, 0.717) is 22.5 Å². The van der Waals surface area contributed by atoms with Gasteiger partial charge in [0.1, 0.15) is 28.9 Å². The third-order valence-corrected chi connectivity index (χ3v) is 6.07. The smallest absolute Gasteiger partial charge is 0.210 e. The van der Waals surface area contributed by atoms with Crippen LogP contribution >= 0.6 is 23.1 Å². The molecule has 0 spiro atoms. The van der Waals surface area contributed by atoms with Crippen molar-refractivity contribution in [3.63, 3.8) is 0 Å². The molecule has 0 amide bonds. The van der Waals surface area contributed by atoms with Crippen LogP contribution in [0.4, 0.5) is 4.39 Å². The van der Waals surface area contributed by atoms with Crippen LogP contribution < -0.4 is 15.3 Å². The summed E-state index contributed by atoms with van der Waals surface area (Å²) < 4.78 is 25.1. The Morgan fingerprint density at radius 3 is 2.53 bits per heavy atom. The minimum Gasteiger partial charge on any atom is -0.497 e. The van der Waals surface area contributed by atoms with E-state index in [0.717, 1.165) is 22.0 Å². The third-order valence-electron chi connectivity index (χ3n) is 4.15. The summed E-state index contributed by atoms with van der Waals surface area (Å²) in [5.41, 5.74) is 1.97. The Labute approximate surface area is 180 Å². The monoisotopic (exact) mass is 443 g/mol.